The molecule has 0 aliphatic heterocycles. The minimum atomic E-state index is -0.168. The molecule has 0 fully saturated rings. The number of aromatic amines is 2. The van der Waals surface area contributed by atoms with Crippen molar-refractivity contribution in [2.45, 2.75) is 25.3 Å². The third-order valence-electron chi connectivity index (χ3n) is 5.98. The molecule has 2 aromatic heterocycles. The van der Waals surface area contributed by atoms with E-state index < -0.39 is 0 Å². The molecule has 7 heteroatoms. The highest BCUT2D eigenvalue weighted by molar-refractivity contribution is 6.00. The molecule has 31 heavy (non-hydrogen) atoms. The quantitative estimate of drug-likeness (QED) is 0.450. The van der Waals surface area contributed by atoms with Gasteiger partial charge in [0.05, 0.1) is 37.7 Å². The first-order valence-electron chi connectivity index (χ1n) is 10.4. The van der Waals surface area contributed by atoms with Crippen molar-refractivity contribution < 1.29 is 14.3 Å². The van der Waals surface area contributed by atoms with Crippen LogP contribution < -0.4 is 14.8 Å². The van der Waals surface area contributed by atoms with Gasteiger partial charge in [-0.2, -0.15) is 5.10 Å². The summed E-state index contributed by atoms with van der Waals surface area (Å²) in [5.74, 6) is 1.12. The number of aryl methyl sites for hydroxylation is 1. The molecule has 0 spiro atoms. The predicted octanol–water partition coefficient (Wildman–Crippen LogP) is 4.38. The maximum atomic E-state index is 13.3. The number of benzene rings is 2. The summed E-state index contributed by atoms with van der Waals surface area (Å²) in [6.07, 6.45) is 4.50. The number of methoxy groups -OCH3 is 2. The number of para-hydroxylation sites is 1. The van der Waals surface area contributed by atoms with Gasteiger partial charge in [0, 0.05) is 28.2 Å². The van der Waals surface area contributed by atoms with Crippen molar-refractivity contribution in [2.24, 2.45) is 0 Å². The fourth-order valence-electron chi connectivity index (χ4n) is 4.46. The summed E-state index contributed by atoms with van der Waals surface area (Å²) in [5.41, 5.74) is 5.36. The van der Waals surface area contributed by atoms with E-state index in [-0.39, 0.29) is 11.9 Å². The van der Waals surface area contributed by atoms with Crippen LogP contribution >= 0.6 is 0 Å². The van der Waals surface area contributed by atoms with Gasteiger partial charge in [0.25, 0.3) is 5.91 Å². The first-order valence-corrected chi connectivity index (χ1v) is 10.4. The molecule has 0 bridgehead atoms. The molecule has 1 aliphatic carbocycles. The molecule has 1 amide bonds. The van der Waals surface area contributed by atoms with E-state index in [0.717, 1.165) is 36.0 Å². The van der Waals surface area contributed by atoms with E-state index in [0.29, 0.717) is 22.8 Å². The van der Waals surface area contributed by atoms with E-state index in [1.54, 1.807) is 26.5 Å². The largest absolute Gasteiger partial charge is 0.497 e. The number of fused-ring (bicyclic) bond motifs is 3. The van der Waals surface area contributed by atoms with Crippen molar-refractivity contribution in [3.63, 3.8) is 0 Å². The van der Waals surface area contributed by atoms with Gasteiger partial charge < -0.3 is 19.8 Å². The number of nitrogens with one attached hydrogen (secondary N) is 3. The summed E-state index contributed by atoms with van der Waals surface area (Å²) in [7, 11) is 3.19. The molecule has 2 heterocycles. The summed E-state index contributed by atoms with van der Waals surface area (Å²) in [5, 5.41) is 11.5. The molecule has 7 nitrogen and oxygen atoms in total. The van der Waals surface area contributed by atoms with Crippen molar-refractivity contribution in [1.29, 1.82) is 0 Å². The summed E-state index contributed by atoms with van der Waals surface area (Å²) in [6, 6.07) is 13.7. The second kappa shape index (κ2) is 7.83. The summed E-state index contributed by atoms with van der Waals surface area (Å²) >= 11 is 0. The van der Waals surface area contributed by atoms with Gasteiger partial charge in [0.2, 0.25) is 0 Å². The Kier molecular flexibility index (Phi) is 4.86. The molecule has 0 saturated carbocycles. The van der Waals surface area contributed by atoms with Crippen LogP contribution in [0.3, 0.4) is 0 Å². The van der Waals surface area contributed by atoms with E-state index in [1.165, 1.54) is 10.9 Å². The van der Waals surface area contributed by atoms with Crippen LogP contribution in [0.4, 0.5) is 0 Å². The van der Waals surface area contributed by atoms with E-state index in [2.05, 4.69) is 38.7 Å². The minimum Gasteiger partial charge on any atom is -0.497 e. The lowest BCUT2D eigenvalue weighted by atomic mass is 9.91. The van der Waals surface area contributed by atoms with Crippen molar-refractivity contribution in [3.05, 3.63) is 65.5 Å². The van der Waals surface area contributed by atoms with Crippen LogP contribution in [-0.2, 0) is 6.42 Å². The highest BCUT2D eigenvalue weighted by Crippen LogP contribution is 2.36. The zero-order valence-electron chi connectivity index (χ0n) is 17.5. The van der Waals surface area contributed by atoms with Gasteiger partial charge in [-0.05, 0) is 43.0 Å². The van der Waals surface area contributed by atoms with Crippen LogP contribution in [0.5, 0.6) is 11.5 Å². The maximum absolute atomic E-state index is 13.3. The number of ether oxygens (including phenoxy) is 2. The Morgan fingerprint density at radius 2 is 2.03 bits per heavy atom. The van der Waals surface area contributed by atoms with E-state index in [9.17, 15) is 4.79 Å². The van der Waals surface area contributed by atoms with Gasteiger partial charge in [-0.25, -0.2) is 0 Å². The van der Waals surface area contributed by atoms with Crippen molar-refractivity contribution in [2.75, 3.05) is 14.2 Å². The number of aromatic nitrogens is 3. The van der Waals surface area contributed by atoms with Gasteiger partial charge >= 0.3 is 0 Å². The Labute approximate surface area is 179 Å². The summed E-state index contributed by atoms with van der Waals surface area (Å²) in [6.45, 7) is 0. The molecule has 1 atom stereocenters. The van der Waals surface area contributed by atoms with Crippen LogP contribution in [0, 0.1) is 0 Å². The maximum Gasteiger partial charge on any atom is 0.255 e. The molecule has 1 aliphatic rings. The molecule has 3 N–H and O–H groups in total. The molecule has 2 aromatic carbocycles. The standard InChI is InChI=1S/C24H24N4O3/c1-30-14-10-11-17(21(12-14)31-2)22-18(13-25-28-22)24(29)27-20-9-5-7-16-15-6-3-4-8-19(15)26-23(16)20/h3-4,6,8,10-13,20,26H,5,7,9H2,1-2H3,(H,25,28)(H,27,29)/t20-/m0/s1. The number of H-pyrrole nitrogens is 2. The van der Waals surface area contributed by atoms with Gasteiger partial charge in [-0.3, -0.25) is 9.89 Å². The molecular weight excluding hydrogens is 392 g/mol. The molecule has 0 radical (unpaired) electrons. The number of hydrogen-bond acceptors (Lipinski definition) is 4. The zero-order chi connectivity index (χ0) is 21.4. The van der Waals surface area contributed by atoms with Crippen molar-refractivity contribution in [3.8, 4) is 22.8 Å². The molecule has 0 unspecified atom stereocenters. The normalized spacial score (nSPS) is 15.5. The van der Waals surface area contributed by atoms with Crippen LogP contribution in [0.25, 0.3) is 22.2 Å². The molecule has 4 aromatic rings. The Bertz CT molecular complexity index is 1260. The Hall–Kier alpha value is -3.74. The van der Waals surface area contributed by atoms with Gasteiger partial charge in [0.15, 0.2) is 0 Å². The number of nitrogens with zero attached hydrogens (tertiary/aromatic N) is 1. The smallest absolute Gasteiger partial charge is 0.255 e. The zero-order valence-corrected chi connectivity index (χ0v) is 17.5. The third kappa shape index (κ3) is 3.32. The van der Waals surface area contributed by atoms with E-state index in [4.69, 9.17) is 9.47 Å². The highest BCUT2D eigenvalue weighted by Gasteiger charge is 2.27. The predicted molar refractivity (Wildman–Crippen MR) is 119 cm³/mol. The number of carbonyl (C=O) groups is 1. The average molecular weight is 416 g/mol. The van der Waals surface area contributed by atoms with E-state index in [1.807, 2.05) is 18.2 Å². The van der Waals surface area contributed by atoms with Gasteiger partial charge in [0.1, 0.15) is 11.5 Å². The average Bonchev–Trinajstić information content (AvgIpc) is 3.44. The molecule has 158 valence electrons. The lowest BCUT2D eigenvalue weighted by Crippen LogP contribution is -2.31. The second-order valence-corrected chi connectivity index (χ2v) is 7.71. The Balaban J connectivity index is 1.46. The first-order chi connectivity index (χ1) is 15.2. The van der Waals surface area contributed by atoms with Gasteiger partial charge in [-0.15, -0.1) is 0 Å². The van der Waals surface area contributed by atoms with Crippen molar-refractivity contribution >= 4 is 16.8 Å². The van der Waals surface area contributed by atoms with Crippen molar-refractivity contribution in [1.82, 2.24) is 20.5 Å². The fraction of sp³-hybridized carbons (Fsp3) is 0.250. The highest BCUT2D eigenvalue weighted by atomic mass is 16.5. The molecule has 0 saturated heterocycles. The second-order valence-electron chi connectivity index (χ2n) is 7.71. The topological polar surface area (TPSA) is 92.0 Å². The summed E-state index contributed by atoms with van der Waals surface area (Å²) < 4.78 is 10.8. The fourth-order valence-corrected chi connectivity index (χ4v) is 4.46. The monoisotopic (exact) mass is 416 g/mol. The molecular formula is C24H24N4O3. The minimum absolute atomic E-state index is 0.0656. The Morgan fingerprint density at radius 3 is 2.87 bits per heavy atom. The number of amides is 1. The Morgan fingerprint density at radius 1 is 1.16 bits per heavy atom. The lowest BCUT2D eigenvalue weighted by Gasteiger charge is -2.24. The third-order valence-corrected chi connectivity index (χ3v) is 5.98. The first kappa shape index (κ1) is 19.2. The number of hydrogen-bond donors (Lipinski definition) is 3. The van der Waals surface area contributed by atoms with E-state index >= 15 is 0 Å². The number of rotatable bonds is 5. The van der Waals surface area contributed by atoms with Crippen LogP contribution in [0.1, 0.15) is 40.5 Å². The van der Waals surface area contributed by atoms with Crippen LogP contribution in [-0.4, -0.2) is 35.3 Å². The van der Waals surface area contributed by atoms with Gasteiger partial charge in [-0.1, -0.05) is 18.2 Å². The summed E-state index contributed by atoms with van der Waals surface area (Å²) in [4.78, 5) is 16.8. The lowest BCUT2D eigenvalue weighted by molar-refractivity contribution is 0.0932. The van der Waals surface area contributed by atoms with Crippen LogP contribution in [0.15, 0.2) is 48.7 Å². The van der Waals surface area contributed by atoms with Crippen LogP contribution in [0.2, 0.25) is 0 Å². The molecule has 5 rings (SSSR count). The SMILES string of the molecule is COc1ccc(-c2[nH]ncc2C(=O)N[C@H]2CCCc3c2[nH]c2ccccc32)c(OC)c1. The number of carbonyl (C=O) groups excluding carboxylic acids is 1.